The molecule has 104 valence electrons. The van der Waals surface area contributed by atoms with E-state index in [4.69, 9.17) is 5.73 Å². The van der Waals surface area contributed by atoms with Gasteiger partial charge < -0.3 is 10.6 Å². The Kier molecular flexibility index (Phi) is 4.71. The molecule has 1 atom stereocenters. The molecule has 1 aromatic heterocycles. The number of nitrogens with zero attached hydrogens (tertiary/aromatic N) is 3. The second kappa shape index (κ2) is 5.68. The molecule has 8 heteroatoms. The number of rotatable bonds is 6. The summed E-state index contributed by atoms with van der Waals surface area (Å²) in [4.78, 5) is 1.98. The number of sulfonamides is 1. The third-order valence-corrected chi connectivity index (χ3v) is 4.77. The summed E-state index contributed by atoms with van der Waals surface area (Å²) in [6.07, 6.45) is 1.25. The summed E-state index contributed by atoms with van der Waals surface area (Å²) in [6, 6.07) is -0.135. The van der Waals surface area contributed by atoms with E-state index >= 15 is 0 Å². The molecule has 0 spiro atoms. The third-order valence-electron chi connectivity index (χ3n) is 2.65. The number of H-pyrrole nitrogens is 1. The predicted molar refractivity (Wildman–Crippen MR) is 70.6 cm³/mol. The van der Waals surface area contributed by atoms with E-state index in [1.807, 2.05) is 25.9 Å². The molecular weight excluding hydrogens is 254 g/mol. The summed E-state index contributed by atoms with van der Waals surface area (Å²) >= 11 is 0. The van der Waals surface area contributed by atoms with Gasteiger partial charge in [-0.25, -0.2) is 8.42 Å². The molecule has 0 saturated carbocycles. The van der Waals surface area contributed by atoms with Crippen LogP contribution in [0.1, 0.15) is 13.8 Å². The minimum Gasteiger partial charge on any atom is -0.383 e. The molecule has 0 saturated heterocycles. The number of hydrogen-bond acceptors (Lipinski definition) is 5. The van der Waals surface area contributed by atoms with Gasteiger partial charge in [-0.2, -0.15) is 9.40 Å². The number of aromatic amines is 1. The summed E-state index contributed by atoms with van der Waals surface area (Å²) < 4.78 is 26.3. The van der Waals surface area contributed by atoms with Crippen LogP contribution in [0.5, 0.6) is 0 Å². The van der Waals surface area contributed by atoms with Gasteiger partial charge in [-0.05, 0) is 21.0 Å². The first kappa shape index (κ1) is 14.9. The Bertz CT molecular complexity index is 482. The molecule has 7 nitrogen and oxygen atoms in total. The average molecular weight is 275 g/mol. The molecule has 0 aliphatic heterocycles. The Labute approximate surface area is 108 Å². The fraction of sp³-hybridized carbons (Fsp3) is 0.700. The van der Waals surface area contributed by atoms with E-state index in [0.29, 0.717) is 13.1 Å². The van der Waals surface area contributed by atoms with Crippen LogP contribution in [-0.4, -0.2) is 61.0 Å². The van der Waals surface area contributed by atoms with Crippen LogP contribution in [0.15, 0.2) is 11.1 Å². The highest BCUT2D eigenvalue weighted by Gasteiger charge is 2.30. The quantitative estimate of drug-likeness (QED) is 0.759. The molecule has 3 N–H and O–H groups in total. The third kappa shape index (κ3) is 3.01. The number of anilines is 1. The second-order valence-corrected chi connectivity index (χ2v) is 6.33. The van der Waals surface area contributed by atoms with E-state index in [-0.39, 0.29) is 16.8 Å². The number of nitrogens with one attached hydrogen (secondary N) is 1. The molecule has 0 bridgehead atoms. The predicted octanol–water partition coefficient (Wildman–Crippen LogP) is -0.0474. The maximum absolute atomic E-state index is 12.4. The van der Waals surface area contributed by atoms with Crippen molar-refractivity contribution in [1.82, 2.24) is 19.4 Å². The number of hydrogen-bond donors (Lipinski definition) is 2. The van der Waals surface area contributed by atoms with E-state index in [0.717, 1.165) is 0 Å². The number of aromatic nitrogens is 2. The van der Waals surface area contributed by atoms with Gasteiger partial charge in [-0.3, -0.25) is 5.10 Å². The molecule has 18 heavy (non-hydrogen) atoms. The smallest absolute Gasteiger partial charge is 0.248 e. The van der Waals surface area contributed by atoms with E-state index in [1.54, 1.807) is 6.92 Å². The standard InChI is InChI=1S/C10H21N5O2S/c1-5-15(8(2)7-14(3)4)18(16,17)9-6-12-13-10(9)11/h6,8H,5,7H2,1-4H3,(H3,11,12,13). The second-order valence-electron chi connectivity index (χ2n) is 4.47. The monoisotopic (exact) mass is 275 g/mol. The summed E-state index contributed by atoms with van der Waals surface area (Å²) in [5, 5.41) is 6.10. The van der Waals surface area contributed by atoms with Gasteiger partial charge in [0.05, 0.1) is 6.20 Å². The van der Waals surface area contributed by atoms with Crippen molar-refractivity contribution >= 4 is 15.8 Å². The fourth-order valence-electron chi connectivity index (χ4n) is 1.96. The zero-order valence-corrected chi connectivity index (χ0v) is 12.0. The normalized spacial score (nSPS) is 14.3. The molecule has 0 fully saturated rings. The van der Waals surface area contributed by atoms with Crippen molar-refractivity contribution in [2.75, 3.05) is 32.9 Å². The van der Waals surface area contributed by atoms with Crippen LogP contribution in [0.4, 0.5) is 5.82 Å². The Balaban J connectivity index is 3.05. The number of likely N-dealkylation sites (N-methyl/N-ethyl adjacent to an activating group) is 2. The molecule has 1 heterocycles. The SMILES string of the molecule is CCN(C(C)CN(C)C)S(=O)(=O)c1cn[nH]c1N. The molecule has 1 aromatic rings. The maximum atomic E-state index is 12.4. The van der Waals surface area contributed by atoms with Crippen molar-refractivity contribution in [3.05, 3.63) is 6.20 Å². The highest BCUT2D eigenvalue weighted by Crippen LogP contribution is 2.21. The van der Waals surface area contributed by atoms with Crippen LogP contribution in [0, 0.1) is 0 Å². The van der Waals surface area contributed by atoms with Crippen molar-refractivity contribution in [2.45, 2.75) is 24.8 Å². The van der Waals surface area contributed by atoms with Gasteiger partial charge in [-0.1, -0.05) is 6.92 Å². The fourth-order valence-corrected chi connectivity index (χ4v) is 3.60. The summed E-state index contributed by atoms with van der Waals surface area (Å²) in [6.45, 7) is 4.71. The summed E-state index contributed by atoms with van der Waals surface area (Å²) in [5.41, 5.74) is 5.59. The van der Waals surface area contributed by atoms with Gasteiger partial charge in [0.1, 0.15) is 10.7 Å². The zero-order valence-electron chi connectivity index (χ0n) is 11.2. The summed E-state index contributed by atoms with van der Waals surface area (Å²) in [7, 11) is 0.216. The van der Waals surface area contributed by atoms with Crippen LogP contribution in [0.2, 0.25) is 0 Å². The summed E-state index contributed by atoms with van der Waals surface area (Å²) in [5.74, 6) is 0.0745. The largest absolute Gasteiger partial charge is 0.383 e. The Hall–Kier alpha value is -1.12. The van der Waals surface area contributed by atoms with Crippen LogP contribution in [-0.2, 0) is 10.0 Å². The van der Waals surface area contributed by atoms with Gasteiger partial charge in [-0.15, -0.1) is 0 Å². The van der Waals surface area contributed by atoms with Crippen LogP contribution in [0.3, 0.4) is 0 Å². The molecule has 0 amide bonds. The van der Waals surface area contributed by atoms with Crippen LogP contribution >= 0.6 is 0 Å². The molecular formula is C10H21N5O2S. The van der Waals surface area contributed by atoms with Gasteiger partial charge in [0, 0.05) is 19.1 Å². The first-order valence-electron chi connectivity index (χ1n) is 5.76. The van der Waals surface area contributed by atoms with Crippen molar-refractivity contribution < 1.29 is 8.42 Å². The van der Waals surface area contributed by atoms with E-state index in [1.165, 1.54) is 10.5 Å². The van der Waals surface area contributed by atoms with E-state index < -0.39 is 10.0 Å². The van der Waals surface area contributed by atoms with Crippen LogP contribution < -0.4 is 5.73 Å². The lowest BCUT2D eigenvalue weighted by molar-refractivity contribution is 0.271. The van der Waals surface area contributed by atoms with Gasteiger partial charge in [0.25, 0.3) is 0 Å². The lowest BCUT2D eigenvalue weighted by Gasteiger charge is -2.28. The Morgan fingerprint density at radius 3 is 2.50 bits per heavy atom. The van der Waals surface area contributed by atoms with Crippen molar-refractivity contribution in [3.63, 3.8) is 0 Å². The van der Waals surface area contributed by atoms with E-state index in [2.05, 4.69) is 10.2 Å². The molecule has 1 rings (SSSR count). The highest BCUT2D eigenvalue weighted by atomic mass is 32.2. The first-order valence-corrected chi connectivity index (χ1v) is 7.20. The van der Waals surface area contributed by atoms with Crippen molar-refractivity contribution in [3.8, 4) is 0 Å². The lowest BCUT2D eigenvalue weighted by Crippen LogP contribution is -2.43. The number of nitrogen functional groups attached to an aromatic ring is 1. The topological polar surface area (TPSA) is 95.3 Å². The molecule has 0 aliphatic carbocycles. The average Bonchev–Trinajstić information content (AvgIpc) is 2.64. The van der Waals surface area contributed by atoms with Gasteiger partial charge >= 0.3 is 0 Å². The minimum absolute atomic E-state index is 0.0370. The minimum atomic E-state index is -3.60. The first-order chi connectivity index (χ1) is 8.30. The van der Waals surface area contributed by atoms with Crippen molar-refractivity contribution in [2.24, 2.45) is 0 Å². The van der Waals surface area contributed by atoms with E-state index in [9.17, 15) is 8.42 Å². The van der Waals surface area contributed by atoms with Crippen molar-refractivity contribution in [1.29, 1.82) is 0 Å². The zero-order chi connectivity index (χ0) is 13.9. The molecule has 0 aromatic carbocycles. The molecule has 0 radical (unpaired) electrons. The molecule has 0 aliphatic rings. The Morgan fingerprint density at radius 2 is 2.11 bits per heavy atom. The van der Waals surface area contributed by atoms with Gasteiger partial charge in [0.15, 0.2) is 0 Å². The van der Waals surface area contributed by atoms with Gasteiger partial charge in [0.2, 0.25) is 10.0 Å². The Morgan fingerprint density at radius 1 is 1.50 bits per heavy atom. The molecule has 1 unspecified atom stereocenters. The lowest BCUT2D eigenvalue weighted by atomic mass is 10.3. The highest BCUT2D eigenvalue weighted by molar-refractivity contribution is 7.89. The number of nitrogens with two attached hydrogens (primary N) is 1. The van der Waals surface area contributed by atoms with Crippen LogP contribution in [0.25, 0.3) is 0 Å². The maximum Gasteiger partial charge on any atom is 0.248 e.